The Hall–Kier alpha value is -1.08. The zero-order valence-corrected chi connectivity index (χ0v) is 12.3. The number of hydrogen-bond acceptors (Lipinski definition) is 2. The molecule has 0 aliphatic heterocycles. The maximum Gasteiger partial charge on any atom is 0.417 e. The van der Waals surface area contributed by atoms with Crippen LogP contribution in [-0.2, 0) is 6.18 Å². The first-order valence-corrected chi connectivity index (χ1v) is 6.53. The monoisotopic (exact) mass is 396 g/mol. The molecule has 1 aromatic heterocycles. The molecule has 100 valence electrons. The van der Waals surface area contributed by atoms with Gasteiger partial charge in [-0.3, -0.25) is 4.79 Å². The summed E-state index contributed by atoms with van der Waals surface area (Å²) in [4.78, 5) is 12.1. The highest BCUT2D eigenvalue weighted by atomic mass is 79.9. The minimum absolute atomic E-state index is 0.159. The fourth-order valence-corrected chi connectivity index (χ4v) is 2.27. The van der Waals surface area contributed by atoms with Crippen LogP contribution >= 0.6 is 31.9 Å². The number of hydrogen-bond donors (Lipinski definition) is 0. The summed E-state index contributed by atoms with van der Waals surface area (Å²) >= 11 is 6.01. The van der Waals surface area contributed by atoms with Crippen LogP contribution in [0.4, 0.5) is 13.2 Å². The lowest BCUT2D eigenvalue weighted by Crippen LogP contribution is -2.13. The number of carbonyl (C=O) groups excluding carboxylic acids is 1. The lowest BCUT2D eigenvalue weighted by atomic mass is 10.0. The number of rotatable bonds is 2. The maximum absolute atomic E-state index is 12.9. The van der Waals surface area contributed by atoms with E-state index in [-0.39, 0.29) is 10.2 Å². The van der Waals surface area contributed by atoms with Crippen molar-refractivity contribution < 1.29 is 22.4 Å². The van der Waals surface area contributed by atoms with Gasteiger partial charge in [-0.05, 0) is 40.2 Å². The molecule has 1 heterocycles. The minimum Gasteiger partial charge on any atom is -0.460 e. The Morgan fingerprint density at radius 3 is 2.37 bits per heavy atom. The molecular weight excluding hydrogens is 393 g/mol. The summed E-state index contributed by atoms with van der Waals surface area (Å²) in [6.45, 7) is 0. The van der Waals surface area contributed by atoms with E-state index in [2.05, 4.69) is 31.9 Å². The van der Waals surface area contributed by atoms with Crippen LogP contribution in [-0.4, -0.2) is 5.78 Å². The summed E-state index contributed by atoms with van der Waals surface area (Å²) in [6.07, 6.45) is -3.39. The first-order chi connectivity index (χ1) is 8.80. The smallest absolute Gasteiger partial charge is 0.417 e. The van der Waals surface area contributed by atoms with Crippen LogP contribution in [0, 0.1) is 0 Å². The van der Waals surface area contributed by atoms with Gasteiger partial charge >= 0.3 is 6.18 Å². The summed E-state index contributed by atoms with van der Waals surface area (Å²) in [5.41, 5.74) is -1.46. The molecule has 0 spiro atoms. The number of carbonyl (C=O) groups is 1. The van der Waals surface area contributed by atoms with Gasteiger partial charge in [-0.15, -0.1) is 0 Å². The lowest BCUT2D eigenvalue weighted by molar-refractivity contribution is -0.137. The summed E-state index contributed by atoms with van der Waals surface area (Å²) in [6, 6.07) is 4.80. The molecule has 2 aromatic rings. The number of benzene rings is 1. The fraction of sp³-hybridized carbons (Fsp3) is 0.0833. The predicted molar refractivity (Wildman–Crippen MR) is 69.0 cm³/mol. The molecule has 0 N–H and O–H groups in total. The Balaban J connectivity index is 2.57. The van der Waals surface area contributed by atoms with Crippen molar-refractivity contribution in [3.63, 3.8) is 0 Å². The Morgan fingerprint density at radius 1 is 1.16 bits per heavy atom. The van der Waals surface area contributed by atoms with Crippen molar-refractivity contribution in [1.29, 1.82) is 0 Å². The van der Waals surface area contributed by atoms with E-state index in [0.717, 1.165) is 12.1 Å². The molecule has 2 nitrogen and oxygen atoms in total. The van der Waals surface area contributed by atoms with Crippen LogP contribution < -0.4 is 0 Å². The number of halogens is 5. The quantitative estimate of drug-likeness (QED) is 0.663. The van der Waals surface area contributed by atoms with Crippen LogP contribution in [0.25, 0.3) is 0 Å². The molecule has 2 rings (SSSR count). The molecule has 0 fully saturated rings. The first kappa shape index (κ1) is 14.3. The van der Waals surface area contributed by atoms with E-state index in [1.54, 1.807) is 0 Å². The molecule has 0 aliphatic rings. The van der Waals surface area contributed by atoms with Crippen molar-refractivity contribution in [2.45, 2.75) is 6.18 Å². The van der Waals surface area contributed by atoms with Gasteiger partial charge in [-0.1, -0.05) is 15.9 Å². The van der Waals surface area contributed by atoms with Gasteiger partial charge in [0.25, 0.3) is 0 Å². The van der Waals surface area contributed by atoms with Crippen LogP contribution in [0.5, 0.6) is 0 Å². The number of furan rings is 1. The van der Waals surface area contributed by atoms with Crippen LogP contribution in [0.15, 0.2) is 43.9 Å². The third-order valence-electron chi connectivity index (χ3n) is 2.36. The van der Waals surface area contributed by atoms with Gasteiger partial charge in [0.15, 0.2) is 5.76 Å². The van der Waals surface area contributed by atoms with E-state index < -0.39 is 23.1 Å². The van der Waals surface area contributed by atoms with Gasteiger partial charge in [0.1, 0.15) is 0 Å². The van der Waals surface area contributed by atoms with E-state index >= 15 is 0 Å². The largest absolute Gasteiger partial charge is 0.460 e. The number of ketones is 1. The van der Waals surface area contributed by atoms with Gasteiger partial charge in [-0.25, -0.2) is 0 Å². The third-order valence-corrected chi connectivity index (χ3v) is 3.47. The Labute approximate surface area is 122 Å². The normalized spacial score (nSPS) is 11.6. The Kier molecular flexibility index (Phi) is 3.87. The molecule has 0 aliphatic carbocycles. The molecule has 19 heavy (non-hydrogen) atoms. The van der Waals surface area contributed by atoms with E-state index in [9.17, 15) is 18.0 Å². The van der Waals surface area contributed by atoms with Crippen molar-refractivity contribution in [2.24, 2.45) is 0 Å². The molecule has 0 saturated heterocycles. The van der Waals surface area contributed by atoms with Crippen molar-refractivity contribution in [3.05, 3.63) is 56.4 Å². The first-order valence-electron chi connectivity index (χ1n) is 4.95. The van der Waals surface area contributed by atoms with E-state index in [1.807, 2.05) is 0 Å². The maximum atomic E-state index is 12.9. The average Bonchev–Trinajstić information content (AvgIpc) is 2.73. The van der Waals surface area contributed by atoms with Crippen molar-refractivity contribution in [1.82, 2.24) is 0 Å². The van der Waals surface area contributed by atoms with Crippen LogP contribution in [0.2, 0.25) is 0 Å². The second-order valence-corrected chi connectivity index (χ2v) is 5.38. The SMILES string of the molecule is O=C(c1ccc(Br)cc1C(F)(F)F)c1occc1Br. The standard InChI is InChI=1S/C12H5Br2F3O2/c13-6-1-2-7(8(5-6)12(15,16)17)10(18)11-9(14)3-4-19-11/h1-5H. The molecule has 0 atom stereocenters. The zero-order chi connectivity index (χ0) is 14.2. The van der Waals surface area contributed by atoms with Crippen LogP contribution in [0.3, 0.4) is 0 Å². The highest BCUT2D eigenvalue weighted by molar-refractivity contribution is 9.10. The molecule has 7 heteroatoms. The van der Waals surface area contributed by atoms with Gasteiger partial charge < -0.3 is 4.42 Å². The van der Waals surface area contributed by atoms with Crippen LogP contribution in [0.1, 0.15) is 21.7 Å². The van der Waals surface area contributed by atoms with Gasteiger partial charge in [-0.2, -0.15) is 13.2 Å². The number of alkyl halides is 3. The fourth-order valence-electron chi connectivity index (χ4n) is 1.53. The van der Waals surface area contributed by atoms with Gasteiger partial charge in [0.2, 0.25) is 5.78 Å². The second-order valence-electron chi connectivity index (χ2n) is 3.61. The molecule has 1 aromatic carbocycles. The topological polar surface area (TPSA) is 30.2 Å². The van der Waals surface area contributed by atoms with Gasteiger partial charge in [0.05, 0.1) is 16.3 Å². The van der Waals surface area contributed by atoms with E-state index in [0.29, 0.717) is 4.47 Å². The zero-order valence-electron chi connectivity index (χ0n) is 9.09. The summed E-state index contributed by atoms with van der Waals surface area (Å²) in [5, 5.41) is 0. The van der Waals surface area contributed by atoms with Crippen molar-refractivity contribution >= 4 is 37.6 Å². The highest BCUT2D eigenvalue weighted by Gasteiger charge is 2.36. The summed E-state index contributed by atoms with van der Waals surface area (Å²) in [7, 11) is 0. The summed E-state index contributed by atoms with van der Waals surface area (Å²) < 4.78 is 44.2. The summed E-state index contributed by atoms with van der Waals surface area (Å²) in [5.74, 6) is -0.982. The van der Waals surface area contributed by atoms with Crippen molar-refractivity contribution in [2.75, 3.05) is 0 Å². The average molecular weight is 398 g/mol. The molecule has 0 unspecified atom stereocenters. The predicted octanol–water partition coefficient (Wildman–Crippen LogP) is 5.05. The molecular formula is C12H5Br2F3O2. The van der Waals surface area contributed by atoms with E-state index in [1.165, 1.54) is 18.4 Å². The third kappa shape index (κ3) is 2.92. The Bertz CT molecular complexity index is 632. The molecule has 0 radical (unpaired) electrons. The highest BCUT2D eigenvalue weighted by Crippen LogP contribution is 2.35. The van der Waals surface area contributed by atoms with Crippen molar-refractivity contribution in [3.8, 4) is 0 Å². The minimum atomic E-state index is -4.62. The lowest BCUT2D eigenvalue weighted by Gasteiger charge is -2.11. The molecule has 0 bridgehead atoms. The Morgan fingerprint density at radius 2 is 1.84 bits per heavy atom. The second kappa shape index (κ2) is 5.13. The van der Waals surface area contributed by atoms with Gasteiger partial charge in [0, 0.05) is 10.0 Å². The van der Waals surface area contributed by atoms with E-state index in [4.69, 9.17) is 4.42 Å². The molecule has 0 amide bonds. The molecule has 0 saturated carbocycles.